The van der Waals surface area contributed by atoms with E-state index in [1.165, 1.54) is 24.1 Å². The van der Waals surface area contributed by atoms with Gasteiger partial charge in [-0.3, -0.25) is 19.7 Å². The molecule has 1 heterocycles. The van der Waals surface area contributed by atoms with Crippen LogP contribution in [0.2, 0.25) is 0 Å². The lowest BCUT2D eigenvalue weighted by Gasteiger charge is -2.17. The molecule has 1 fully saturated rings. The number of carboxylic acid groups (broad SMARTS) is 1. The Morgan fingerprint density at radius 3 is 2.46 bits per heavy atom. The molecular weight excluding hydrogens is 364 g/mol. The number of nitrogens with zero attached hydrogens (tertiary/aromatic N) is 2. The highest BCUT2D eigenvalue weighted by molar-refractivity contribution is 5.96. The van der Waals surface area contributed by atoms with Crippen LogP contribution in [0.1, 0.15) is 27.4 Å². The molecule has 0 spiro atoms. The number of carbonyl (C=O) groups excluding carboxylic acids is 1. The van der Waals surface area contributed by atoms with E-state index in [0.29, 0.717) is 5.56 Å². The van der Waals surface area contributed by atoms with Crippen molar-refractivity contribution in [1.29, 1.82) is 0 Å². The van der Waals surface area contributed by atoms with Gasteiger partial charge in [0, 0.05) is 25.1 Å². The maximum Gasteiger partial charge on any atom is 0.308 e. The summed E-state index contributed by atoms with van der Waals surface area (Å²) < 4.78 is 5.17. The third-order valence-corrected chi connectivity index (χ3v) is 5.15. The lowest BCUT2D eigenvalue weighted by molar-refractivity contribution is -0.385. The van der Waals surface area contributed by atoms with E-state index in [4.69, 9.17) is 4.74 Å². The first-order valence-electron chi connectivity index (χ1n) is 8.73. The Hall–Kier alpha value is -3.42. The summed E-state index contributed by atoms with van der Waals surface area (Å²) in [4.78, 5) is 36.9. The molecule has 2 atom stereocenters. The number of amides is 1. The molecule has 1 saturated heterocycles. The second-order valence-corrected chi connectivity index (χ2v) is 6.75. The van der Waals surface area contributed by atoms with Crippen molar-refractivity contribution in [3.8, 4) is 5.75 Å². The van der Waals surface area contributed by atoms with Crippen LogP contribution < -0.4 is 4.74 Å². The monoisotopic (exact) mass is 384 g/mol. The number of rotatable bonds is 5. The van der Waals surface area contributed by atoms with Gasteiger partial charge in [0.1, 0.15) is 5.75 Å². The molecule has 0 unspecified atom stereocenters. The van der Waals surface area contributed by atoms with Crippen LogP contribution in [0, 0.1) is 23.0 Å². The van der Waals surface area contributed by atoms with Crippen molar-refractivity contribution in [2.45, 2.75) is 12.8 Å². The van der Waals surface area contributed by atoms with Crippen molar-refractivity contribution in [2.24, 2.45) is 5.92 Å². The van der Waals surface area contributed by atoms with Crippen LogP contribution >= 0.6 is 0 Å². The normalized spacial score (nSPS) is 18.7. The molecule has 0 saturated carbocycles. The molecule has 0 aliphatic carbocycles. The number of hydrogen-bond donors (Lipinski definition) is 1. The fourth-order valence-corrected chi connectivity index (χ4v) is 3.64. The molecule has 0 radical (unpaired) electrons. The van der Waals surface area contributed by atoms with E-state index in [1.807, 2.05) is 30.3 Å². The van der Waals surface area contributed by atoms with Crippen LogP contribution in [0.25, 0.3) is 0 Å². The molecule has 1 amide bonds. The zero-order chi connectivity index (χ0) is 20.4. The summed E-state index contributed by atoms with van der Waals surface area (Å²) in [5.74, 6) is -2.27. The van der Waals surface area contributed by atoms with Crippen molar-refractivity contribution >= 4 is 17.6 Å². The first kappa shape index (κ1) is 19.3. The minimum Gasteiger partial charge on any atom is -0.496 e. The van der Waals surface area contributed by atoms with E-state index in [-0.39, 0.29) is 36.0 Å². The van der Waals surface area contributed by atoms with Crippen molar-refractivity contribution in [3.63, 3.8) is 0 Å². The lowest BCUT2D eigenvalue weighted by atomic mass is 9.89. The van der Waals surface area contributed by atoms with Gasteiger partial charge in [0.2, 0.25) is 0 Å². The van der Waals surface area contributed by atoms with Crippen LogP contribution in [-0.2, 0) is 4.79 Å². The Balaban J connectivity index is 1.94. The number of ether oxygens (including phenoxy) is 1. The van der Waals surface area contributed by atoms with Gasteiger partial charge in [-0.1, -0.05) is 30.3 Å². The topological polar surface area (TPSA) is 110 Å². The highest BCUT2D eigenvalue weighted by atomic mass is 16.6. The Morgan fingerprint density at radius 2 is 1.89 bits per heavy atom. The summed E-state index contributed by atoms with van der Waals surface area (Å²) in [6.07, 6.45) is 0. The summed E-state index contributed by atoms with van der Waals surface area (Å²) >= 11 is 0. The number of nitro groups is 1. The summed E-state index contributed by atoms with van der Waals surface area (Å²) in [6.45, 7) is 1.81. The van der Waals surface area contributed by atoms with Gasteiger partial charge in [-0.25, -0.2) is 0 Å². The molecule has 146 valence electrons. The molecule has 8 nitrogen and oxygen atoms in total. The first-order valence-corrected chi connectivity index (χ1v) is 8.73. The van der Waals surface area contributed by atoms with Crippen LogP contribution in [0.5, 0.6) is 5.75 Å². The fraction of sp³-hybridized carbons (Fsp3) is 0.300. The molecule has 0 aromatic heterocycles. The molecule has 28 heavy (non-hydrogen) atoms. The first-order chi connectivity index (χ1) is 13.3. The van der Waals surface area contributed by atoms with E-state index < -0.39 is 22.7 Å². The average Bonchev–Trinajstić information content (AvgIpc) is 3.14. The highest BCUT2D eigenvalue weighted by Gasteiger charge is 2.41. The maximum atomic E-state index is 13.0. The Morgan fingerprint density at radius 1 is 1.21 bits per heavy atom. The molecule has 2 aromatic rings. The quantitative estimate of drug-likeness (QED) is 0.627. The molecule has 3 rings (SSSR count). The van der Waals surface area contributed by atoms with Crippen molar-refractivity contribution in [2.75, 3.05) is 20.2 Å². The molecule has 0 bridgehead atoms. The van der Waals surface area contributed by atoms with Crippen LogP contribution in [0.4, 0.5) is 5.69 Å². The summed E-state index contributed by atoms with van der Waals surface area (Å²) in [7, 11) is 1.38. The van der Waals surface area contributed by atoms with Gasteiger partial charge >= 0.3 is 5.97 Å². The summed E-state index contributed by atoms with van der Waals surface area (Å²) in [5.41, 5.74) is 1.07. The minimum absolute atomic E-state index is 0.0394. The van der Waals surface area contributed by atoms with Gasteiger partial charge in [0.05, 0.1) is 29.1 Å². The van der Waals surface area contributed by atoms with Gasteiger partial charge in [0.15, 0.2) is 0 Å². The molecule has 2 aromatic carbocycles. The zero-order valence-corrected chi connectivity index (χ0v) is 15.5. The third kappa shape index (κ3) is 3.53. The van der Waals surface area contributed by atoms with E-state index in [9.17, 15) is 24.8 Å². The van der Waals surface area contributed by atoms with E-state index in [1.54, 1.807) is 6.92 Å². The molecule has 1 N–H and O–H groups in total. The molecule has 8 heteroatoms. The maximum absolute atomic E-state index is 13.0. The van der Waals surface area contributed by atoms with E-state index >= 15 is 0 Å². The fourth-order valence-electron chi connectivity index (χ4n) is 3.64. The lowest BCUT2D eigenvalue weighted by Crippen LogP contribution is -2.30. The van der Waals surface area contributed by atoms with Crippen molar-refractivity contribution in [1.82, 2.24) is 4.90 Å². The van der Waals surface area contributed by atoms with Gasteiger partial charge in [-0.2, -0.15) is 0 Å². The number of carbonyl (C=O) groups is 2. The smallest absolute Gasteiger partial charge is 0.308 e. The number of likely N-dealkylation sites (tertiary alicyclic amines) is 1. The Bertz CT molecular complexity index is 928. The van der Waals surface area contributed by atoms with E-state index in [2.05, 4.69) is 0 Å². The number of aliphatic carboxylic acids is 1. The van der Waals surface area contributed by atoms with E-state index in [0.717, 1.165) is 5.56 Å². The molecular formula is C20H20N2O6. The number of nitro benzene ring substituents is 1. The largest absolute Gasteiger partial charge is 0.496 e. The molecule has 1 aliphatic heterocycles. The van der Waals surface area contributed by atoms with Gasteiger partial charge in [0.25, 0.3) is 11.6 Å². The second kappa shape index (κ2) is 7.67. The van der Waals surface area contributed by atoms with Crippen LogP contribution in [0.15, 0.2) is 42.5 Å². The number of methoxy groups -OCH3 is 1. The Kier molecular flexibility index (Phi) is 5.30. The average molecular weight is 384 g/mol. The van der Waals surface area contributed by atoms with Crippen LogP contribution in [0.3, 0.4) is 0 Å². The Labute approximate surface area is 161 Å². The standard InChI is InChI=1S/C20H20N2O6/c1-12-17(22(26)27)8-14(9-18(12)28-2)19(23)21-10-15(16(11-21)20(24)25)13-6-4-3-5-7-13/h3-9,15-16H,10-11H2,1-2H3,(H,24,25)/t15-,16-/m0/s1. The van der Waals surface area contributed by atoms with Crippen molar-refractivity contribution in [3.05, 3.63) is 69.3 Å². The van der Waals surface area contributed by atoms with Crippen LogP contribution in [-0.4, -0.2) is 47.0 Å². The SMILES string of the molecule is COc1cc(C(=O)N2C[C@H](C(=O)O)[C@H](c3ccccc3)C2)cc([N+](=O)[O-])c1C. The second-order valence-electron chi connectivity index (χ2n) is 6.75. The molecule has 1 aliphatic rings. The predicted molar refractivity (Wildman–Crippen MR) is 101 cm³/mol. The predicted octanol–water partition coefficient (Wildman–Crippen LogP) is 2.85. The van der Waals surface area contributed by atoms with Gasteiger partial charge in [-0.15, -0.1) is 0 Å². The zero-order valence-electron chi connectivity index (χ0n) is 15.5. The number of benzene rings is 2. The van der Waals surface area contributed by atoms with Crippen molar-refractivity contribution < 1.29 is 24.4 Å². The summed E-state index contributed by atoms with van der Waals surface area (Å²) in [6, 6.07) is 11.8. The minimum atomic E-state index is -0.975. The van der Waals surface area contributed by atoms with Gasteiger partial charge in [-0.05, 0) is 18.6 Å². The number of hydrogen-bond acceptors (Lipinski definition) is 5. The van der Waals surface area contributed by atoms with Gasteiger partial charge < -0.3 is 14.7 Å². The number of carboxylic acids is 1. The summed E-state index contributed by atoms with van der Waals surface area (Å²) in [5, 5.41) is 20.9. The highest BCUT2D eigenvalue weighted by Crippen LogP contribution is 2.35. The third-order valence-electron chi connectivity index (χ3n) is 5.15.